The molecule has 0 aliphatic carbocycles. The number of nitrogens with zero attached hydrogens (tertiary/aromatic N) is 1. The maximum absolute atomic E-state index is 9.68. The summed E-state index contributed by atoms with van der Waals surface area (Å²) >= 11 is 0. The van der Waals surface area contributed by atoms with Gasteiger partial charge in [0, 0.05) is 18.8 Å². The molecule has 2 N–H and O–H groups in total. The summed E-state index contributed by atoms with van der Waals surface area (Å²) in [7, 11) is 0. The Bertz CT molecular complexity index is 473. The summed E-state index contributed by atoms with van der Waals surface area (Å²) in [4.78, 5) is 2.07. The first-order valence-corrected chi connectivity index (χ1v) is 6.42. The predicted octanol–water partition coefficient (Wildman–Crippen LogP) is 2.05. The molecule has 2 aromatic carbocycles. The fraction of sp³-hybridized carbons (Fsp3) is 0.250. The highest BCUT2D eigenvalue weighted by Gasteiger charge is 2.12. The number of anilines is 1. The molecule has 2 rings (SSSR count). The van der Waals surface area contributed by atoms with Gasteiger partial charge in [0.25, 0.3) is 0 Å². The molecule has 3 heteroatoms. The third kappa shape index (κ3) is 4.09. The van der Waals surface area contributed by atoms with Crippen molar-refractivity contribution in [2.45, 2.75) is 12.6 Å². The van der Waals surface area contributed by atoms with Crippen LogP contribution in [0.4, 0.5) is 5.69 Å². The highest BCUT2D eigenvalue weighted by Crippen LogP contribution is 2.17. The molecule has 1 unspecified atom stereocenters. The molecule has 0 aliphatic heterocycles. The van der Waals surface area contributed by atoms with Crippen molar-refractivity contribution in [3.63, 3.8) is 0 Å². The van der Waals surface area contributed by atoms with E-state index in [9.17, 15) is 5.11 Å². The number of hydrogen-bond acceptors (Lipinski definition) is 3. The molecule has 0 aromatic heterocycles. The van der Waals surface area contributed by atoms with Crippen LogP contribution in [-0.4, -0.2) is 29.5 Å². The second-order valence-electron chi connectivity index (χ2n) is 4.54. The van der Waals surface area contributed by atoms with Gasteiger partial charge in [-0.1, -0.05) is 48.5 Å². The Kier molecular flexibility index (Phi) is 4.95. The zero-order valence-electron chi connectivity index (χ0n) is 10.8. The molecule has 0 saturated carbocycles. The smallest absolute Gasteiger partial charge is 0.0945 e. The molecule has 0 amide bonds. The van der Waals surface area contributed by atoms with E-state index in [1.54, 1.807) is 0 Å². The van der Waals surface area contributed by atoms with Crippen LogP contribution >= 0.6 is 0 Å². The number of aliphatic hydroxyl groups is 2. The van der Waals surface area contributed by atoms with Gasteiger partial charge in [0.05, 0.1) is 12.7 Å². The van der Waals surface area contributed by atoms with Crippen LogP contribution < -0.4 is 4.90 Å². The Balaban J connectivity index is 2.15. The van der Waals surface area contributed by atoms with Crippen LogP contribution in [0.2, 0.25) is 0 Å². The Morgan fingerprint density at radius 3 is 2.05 bits per heavy atom. The molecular weight excluding hydrogens is 238 g/mol. The van der Waals surface area contributed by atoms with E-state index in [0.717, 1.165) is 5.69 Å². The number of hydrogen-bond donors (Lipinski definition) is 2. The molecule has 0 saturated heterocycles. The normalized spacial score (nSPS) is 12.1. The lowest BCUT2D eigenvalue weighted by atomic mass is 10.2. The summed E-state index contributed by atoms with van der Waals surface area (Å²) in [5, 5.41) is 18.7. The third-order valence-electron chi connectivity index (χ3n) is 2.98. The van der Waals surface area contributed by atoms with E-state index in [1.807, 2.05) is 48.5 Å². The van der Waals surface area contributed by atoms with Crippen molar-refractivity contribution in [1.29, 1.82) is 0 Å². The summed E-state index contributed by atoms with van der Waals surface area (Å²) in [6.45, 7) is 0.898. The minimum Gasteiger partial charge on any atom is -0.394 e. The van der Waals surface area contributed by atoms with Crippen LogP contribution in [-0.2, 0) is 6.54 Å². The quantitative estimate of drug-likeness (QED) is 0.832. The zero-order chi connectivity index (χ0) is 13.5. The molecule has 0 fully saturated rings. The third-order valence-corrected chi connectivity index (χ3v) is 2.98. The molecule has 1 atom stereocenters. The second-order valence-corrected chi connectivity index (χ2v) is 4.54. The van der Waals surface area contributed by atoms with E-state index >= 15 is 0 Å². The van der Waals surface area contributed by atoms with Gasteiger partial charge in [-0.3, -0.25) is 0 Å². The first-order valence-electron chi connectivity index (χ1n) is 6.42. The molecule has 19 heavy (non-hydrogen) atoms. The molecule has 100 valence electrons. The maximum Gasteiger partial charge on any atom is 0.0945 e. The summed E-state index contributed by atoms with van der Waals surface area (Å²) < 4.78 is 0. The molecule has 0 spiro atoms. The van der Waals surface area contributed by atoms with Crippen LogP contribution in [0.1, 0.15) is 5.56 Å². The fourth-order valence-electron chi connectivity index (χ4n) is 2.02. The van der Waals surface area contributed by atoms with Crippen LogP contribution in [0, 0.1) is 0 Å². The molecule has 0 aliphatic rings. The maximum atomic E-state index is 9.68. The van der Waals surface area contributed by atoms with Gasteiger partial charge >= 0.3 is 0 Å². The summed E-state index contributed by atoms with van der Waals surface area (Å²) in [5.41, 5.74) is 2.22. The van der Waals surface area contributed by atoms with E-state index in [1.165, 1.54) is 5.56 Å². The number of para-hydroxylation sites is 1. The zero-order valence-corrected chi connectivity index (χ0v) is 10.8. The second kappa shape index (κ2) is 6.92. The van der Waals surface area contributed by atoms with Gasteiger partial charge < -0.3 is 15.1 Å². The first-order chi connectivity index (χ1) is 9.29. The van der Waals surface area contributed by atoms with E-state index in [-0.39, 0.29) is 6.61 Å². The predicted molar refractivity (Wildman–Crippen MR) is 77.0 cm³/mol. The van der Waals surface area contributed by atoms with Gasteiger partial charge in [0.15, 0.2) is 0 Å². The van der Waals surface area contributed by atoms with Crippen molar-refractivity contribution in [2.75, 3.05) is 18.1 Å². The SMILES string of the molecule is OCC(O)CN(Cc1ccccc1)c1ccccc1. The van der Waals surface area contributed by atoms with Crippen molar-refractivity contribution < 1.29 is 10.2 Å². The van der Waals surface area contributed by atoms with Gasteiger partial charge in [-0.15, -0.1) is 0 Å². The van der Waals surface area contributed by atoms with Crippen molar-refractivity contribution in [3.05, 3.63) is 66.2 Å². The van der Waals surface area contributed by atoms with Gasteiger partial charge in [0.2, 0.25) is 0 Å². The average molecular weight is 257 g/mol. The first kappa shape index (κ1) is 13.6. The Morgan fingerprint density at radius 2 is 1.47 bits per heavy atom. The Labute approximate surface area is 113 Å². The molecule has 0 bridgehead atoms. The van der Waals surface area contributed by atoms with Crippen molar-refractivity contribution in [2.24, 2.45) is 0 Å². The summed E-state index contributed by atoms with van der Waals surface area (Å²) in [5.74, 6) is 0. The molecule has 3 nitrogen and oxygen atoms in total. The largest absolute Gasteiger partial charge is 0.394 e. The van der Waals surface area contributed by atoms with Crippen LogP contribution in [0.15, 0.2) is 60.7 Å². The van der Waals surface area contributed by atoms with Gasteiger partial charge in [-0.2, -0.15) is 0 Å². The van der Waals surface area contributed by atoms with Gasteiger partial charge in [-0.05, 0) is 17.7 Å². The minimum atomic E-state index is -0.732. The van der Waals surface area contributed by atoms with Gasteiger partial charge in [-0.25, -0.2) is 0 Å². The Morgan fingerprint density at radius 1 is 0.895 bits per heavy atom. The average Bonchev–Trinajstić information content (AvgIpc) is 2.48. The van der Waals surface area contributed by atoms with Crippen molar-refractivity contribution >= 4 is 5.69 Å². The van der Waals surface area contributed by atoms with E-state index in [4.69, 9.17) is 5.11 Å². The molecule has 2 aromatic rings. The number of rotatable bonds is 6. The van der Waals surface area contributed by atoms with Crippen molar-refractivity contribution in [1.82, 2.24) is 0 Å². The molecule has 0 heterocycles. The van der Waals surface area contributed by atoms with E-state index in [2.05, 4.69) is 17.0 Å². The molecular formula is C16H19NO2. The van der Waals surface area contributed by atoms with Crippen LogP contribution in [0.5, 0.6) is 0 Å². The lowest BCUT2D eigenvalue weighted by Gasteiger charge is -2.27. The highest BCUT2D eigenvalue weighted by molar-refractivity contribution is 5.46. The van der Waals surface area contributed by atoms with Crippen LogP contribution in [0.25, 0.3) is 0 Å². The Hall–Kier alpha value is -1.84. The standard InChI is InChI=1S/C16H19NO2/c18-13-16(19)12-17(15-9-5-2-6-10-15)11-14-7-3-1-4-8-14/h1-10,16,18-19H,11-13H2. The van der Waals surface area contributed by atoms with Crippen molar-refractivity contribution in [3.8, 4) is 0 Å². The van der Waals surface area contributed by atoms with E-state index in [0.29, 0.717) is 13.1 Å². The van der Waals surface area contributed by atoms with Gasteiger partial charge in [0.1, 0.15) is 0 Å². The fourth-order valence-corrected chi connectivity index (χ4v) is 2.02. The minimum absolute atomic E-state index is 0.224. The molecule has 0 radical (unpaired) electrons. The number of aliphatic hydroxyl groups excluding tert-OH is 2. The lowest BCUT2D eigenvalue weighted by Crippen LogP contribution is -2.33. The van der Waals surface area contributed by atoms with E-state index < -0.39 is 6.10 Å². The summed E-state index contributed by atoms with van der Waals surface area (Å²) in [6, 6.07) is 20.0. The monoisotopic (exact) mass is 257 g/mol. The topological polar surface area (TPSA) is 43.7 Å². The number of benzene rings is 2. The lowest BCUT2D eigenvalue weighted by molar-refractivity contribution is 0.0996. The highest BCUT2D eigenvalue weighted by atomic mass is 16.3. The van der Waals surface area contributed by atoms with Crippen LogP contribution in [0.3, 0.4) is 0 Å². The summed E-state index contributed by atoms with van der Waals surface area (Å²) in [6.07, 6.45) is -0.732.